The molecule has 0 aromatic heterocycles. The van der Waals surface area contributed by atoms with Crippen LogP contribution in [0.4, 0.5) is 0 Å². The summed E-state index contributed by atoms with van der Waals surface area (Å²) >= 11 is 0. The van der Waals surface area contributed by atoms with Gasteiger partial charge in [0.1, 0.15) is 0 Å². The van der Waals surface area contributed by atoms with Crippen molar-refractivity contribution in [2.75, 3.05) is 26.6 Å². The van der Waals surface area contributed by atoms with Crippen molar-refractivity contribution < 1.29 is 13.6 Å². The molecular formula is C13H40O3Si2. The zero-order valence-electron chi connectivity index (χ0n) is 10.3. The molecule has 0 aromatic rings. The predicted octanol–water partition coefficient (Wildman–Crippen LogP) is 4.79. The van der Waals surface area contributed by atoms with Gasteiger partial charge in [-0.1, -0.05) is 29.7 Å². The molecule has 5 heteroatoms. The first kappa shape index (κ1) is 31.0. The Morgan fingerprint density at radius 3 is 1.56 bits per heavy atom. The van der Waals surface area contributed by atoms with Gasteiger partial charge >= 0.3 is 0 Å². The third-order valence-corrected chi connectivity index (χ3v) is 7.02. The lowest BCUT2D eigenvalue weighted by molar-refractivity contribution is 0.0873. The van der Waals surface area contributed by atoms with E-state index in [-0.39, 0.29) is 29.7 Å². The Bertz CT molecular complexity index is 157. The average molecular weight is 301 g/mol. The van der Waals surface area contributed by atoms with E-state index in [0.717, 1.165) is 6.23 Å². The second kappa shape index (κ2) is 13.7. The molecule has 0 saturated carbocycles. The molecule has 0 N–H and O–H groups in total. The second-order valence-corrected chi connectivity index (χ2v) is 13.9. The Morgan fingerprint density at radius 2 is 1.22 bits per heavy atom. The van der Waals surface area contributed by atoms with Gasteiger partial charge in [0.25, 0.3) is 0 Å². The summed E-state index contributed by atoms with van der Waals surface area (Å²) in [5, 5.41) is 0. The van der Waals surface area contributed by atoms with Crippen molar-refractivity contribution in [2.45, 2.75) is 62.4 Å². The van der Waals surface area contributed by atoms with Crippen LogP contribution in [0.25, 0.3) is 0 Å². The smallest absolute Gasteiger partial charge is 0.199 e. The lowest BCUT2D eigenvalue weighted by Gasteiger charge is -2.31. The Morgan fingerprint density at radius 1 is 0.778 bits per heavy atom. The first-order valence-corrected chi connectivity index (χ1v) is 11.6. The molecule has 0 aliphatic carbocycles. The van der Waals surface area contributed by atoms with E-state index in [1.54, 1.807) is 7.11 Å². The molecule has 0 heterocycles. The zero-order valence-corrected chi connectivity index (χ0v) is 12.3. The lowest BCUT2D eigenvalue weighted by atomic mass is 10.8. The van der Waals surface area contributed by atoms with Crippen molar-refractivity contribution in [1.29, 1.82) is 0 Å². The largest absolute Gasteiger partial charge is 0.454 e. The summed E-state index contributed by atoms with van der Waals surface area (Å²) in [5.41, 5.74) is 0. The molecule has 3 nitrogen and oxygen atoms in total. The summed E-state index contributed by atoms with van der Waals surface area (Å²) in [4.78, 5) is 0. The Balaban J connectivity index is -0.000000141. The molecule has 0 aliphatic heterocycles. The topological polar surface area (TPSA) is 27.7 Å². The van der Waals surface area contributed by atoms with Crippen LogP contribution in [0.15, 0.2) is 0 Å². The van der Waals surface area contributed by atoms with Crippen LogP contribution in [0.1, 0.15) is 29.7 Å². The van der Waals surface area contributed by atoms with Crippen LogP contribution in [0.2, 0.25) is 32.7 Å². The molecule has 0 unspecified atom stereocenters. The van der Waals surface area contributed by atoms with Gasteiger partial charge in [0.15, 0.2) is 16.6 Å². The fraction of sp³-hybridized carbons (Fsp3) is 1.00. The standard InChI is InChI=1S/C9H24O3Si2.4CH4/c1-10-7-8-11-9-14(5,6)12-13(2,3)4;;;;/h7-9H2,1-6H3;4*1H4. The Hall–Kier alpha value is 0.314. The molecule has 118 valence electrons. The molecular weight excluding hydrogens is 260 g/mol. The monoisotopic (exact) mass is 300 g/mol. The molecule has 0 aliphatic rings. The highest BCUT2D eigenvalue weighted by Gasteiger charge is 2.29. The summed E-state index contributed by atoms with van der Waals surface area (Å²) in [6, 6.07) is 0. The van der Waals surface area contributed by atoms with E-state index < -0.39 is 16.6 Å². The predicted molar refractivity (Wildman–Crippen MR) is 91.5 cm³/mol. The lowest BCUT2D eigenvalue weighted by Crippen LogP contribution is -2.46. The van der Waals surface area contributed by atoms with Crippen molar-refractivity contribution in [2.24, 2.45) is 0 Å². The van der Waals surface area contributed by atoms with Gasteiger partial charge < -0.3 is 13.6 Å². The van der Waals surface area contributed by atoms with E-state index in [1.165, 1.54) is 0 Å². The summed E-state index contributed by atoms with van der Waals surface area (Å²) < 4.78 is 16.6. The number of hydrogen-bond acceptors (Lipinski definition) is 3. The van der Waals surface area contributed by atoms with Gasteiger partial charge in [-0.2, -0.15) is 0 Å². The highest BCUT2D eigenvalue weighted by atomic mass is 28.4. The Labute approximate surface area is 119 Å². The third-order valence-electron chi connectivity index (χ3n) is 1.46. The normalized spacial score (nSPS) is 10.3. The SMILES string of the molecule is C.C.C.C.COCCOC[Si](C)(C)O[Si](C)(C)C. The van der Waals surface area contributed by atoms with E-state index in [0.29, 0.717) is 13.2 Å². The highest BCUT2D eigenvalue weighted by molar-refractivity contribution is 6.84. The number of rotatable bonds is 7. The summed E-state index contributed by atoms with van der Waals surface area (Å²) in [7, 11) is -1.33. The number of methoxy groups -OCH3 is 1. The fourth-order valence-corrected chi connectivity index (χ4v) is 8.82. The van der Waals surface area contributed by atoms with E-state index in [4.69, 9.17) is 13.6 Å². The molecule has 0 spiro atoms. The van der Waals surface area contributed by atoms with Crippen molar-refractivity contribution in [3.8, 4) is 0 Å². The maximum absolute atomic E-state index is 6.12. The van der Waals surface area contributed by atoms with E-state index in [2.05, 4.69) is 32.7 Å². The minimum Gasteiger partial charge on any atom is -0.454 e. The maximum atomic E-state index is 6.12. The zero-order chi connectivity index (χ0) is 11.2. The summed E-state index contributed by atoms with van der Waals surface area (Å²) in [5.74, 6) is 0. The van der Waals surface area contributed by atoms with Crippen LogP contribution < -0.4 is 0 Å². The second-order valence-electron chi connectivity index (χ2n) is 5.02. The molecule has 0 saturated heterocycles. The average Bonchev–Trinajstić information content (AvgIpc) is 1.93. The quantitative estimate of drug-likeness (QED) is 0.500. The fourth-order valence-electron chi connectivity index (χ4n) is 1.32. The molecule has 0 amide bonds. The van der Waals surface area contributed by atoms with Crippen molar-refractivity contribution >= 4 is 16.6 Å². The van der Waals surface area contributed by atoms with Crippen LogP contribution in [0, 0.1) is 0 Å². The van der Waals surface area contributed by atoms with Crippen LogP contribution in [0.3, 0.4) is 0 Å². The van der Waals surface area contributed by atoms with Crippen molar-refractivity contribution in [1.82, 2.24) is 0 Å². The molecule has 0 aromatic carbocycles. The van der Waals surface area contributed by atoms with Crippen molar-refractivity contribution in [3.05, 3.63) is 0 Å². The minimum atomic E-state index is -1.60. The minimum absolute atomic E-state index is 0. The first-order chi connectivity index (χ1) is 6.27. The maximum Gasteiger partial charge on any atom is 0.199 e. The third kappa shape index (κ3) is 21.6. The van der Waals surface area contributed by atoms with E-state index in [9.17, 15) is 0 Å². The number of hydrogen-bond donors (Lipinski definition) is 0. The van der Waals surface area contributed by atoms with Gasteiger partial charge in [0, 0.05) is 7.11 Å². The Kier molecular flexibility index (Phi) is 23.6. The van der Waals surface area contributed by atoms with Gasteiger partial charge in [0.05, 0.1) is 19.4 Å². The van der Waals surface area contributed by atoms with E-state index >= 15 is 0 Å². The van der Waals surface area contributed by atoms with Crippen molar-refractivity contribution in [3.63, 3.8) is 0 Å². The van der Waals surface area contributed by atoms with Crippen LogP contribution in [-0.2, 0) is 13.6 Å². The summed E-state index contributed by atoms with van der Waals surface area (Å²) in [6.07, 6.45) is 0.765. The number of ether oxygens (including phenoxy) is 2. The van der Waals surface area contributed by atoms with Gasteiger partial charge in [-0.25, -0.2) is 0 Å². The van der Waals surface area contributed by atoms with Gasteiger partial charge in [-0.05, 0) is 32.7 Å². The summed E-state index contributed by atoms with van der Waals surface area (Å²) in [6.45, 7) is 12.4. The molecule has 0 bridgehead atoms. The molecule has 18 heavy (non-hydrogen) atoms. The molecule has 0 rings (SSSR count). The van der Waals surface area contributed by atoms with Gasteiger partial charge in [-0.15, -0.1) is 0 Å². The first-order valence-electron chi connectivity index (χ1n) is 5.04. The molecule has 0 radical (unpaired) electrons. The highest BCUT2D eigenvalue weighted by Crippen LogP contribution is 2.14. The van der Waals surface area contributed by atoms with Crippen LogP contribution >= 0.6 is 0 Å². The van der Waals surface area contributed by atoms with Gasteiger partial charge in [-0.3, -0.25) is 0 Å². The van der Waals surface area contributed by atoms with E-state index in [1.807, 2.05) is 0 Å². The van der Waals surface area contributed by atoms with Crippen LogP contribution in [-0.4, -0.2) is 43.2 Å². The van der Waals surface area contributed by atoms with Crippen LogP contribution in [0.5, 0.6) is 0 Å². The molecule has 0 fully saturated rings. The molecule has 0 atom stereocenters. The van der Waals surface area contributed by atoms with Gasteiger partial charge in [0.2, 0.25) is 0 Å².